The molecule has 3 heterocycles. The van der Waals surface area contributed by atoms with Crippen LogP contribution in [0.25, 0.3) is 0 Å². The topological polar surface area (TPSA) is 24.7 Å². The third kappa shape index (κ3) is 2.21. The second-order valence-corrected chi connectivity index (χ2v) is 7.45. The van der Waals surface area contributed by atoms with E-state index in [1.807, 2.05) is 0 Å². The smallest absolute Gasteiger partial charge is 0.141 e. The molecule has 0 unspecified atom stereocenters. The van der Waals surface area contributed by atoms with Gasteiger partial charge in [-0.15, -0.1) is 0 Å². The lowest BCUT2D eigenvalue weighted by Crippen LogP contribution is -3.17. The van der Waals surface area contributed by atoms with Gasteiger partial charge in [-0.3, -0.25) is 0 Å². The largest absolute Gasteiger partial charge is 0.379 e. The molecule has 2 bridgehead atoms. The van der Waals surface area contributed by atoms with E-state index in [-0.39, 0.29) is 5.41 Å². The normalized spacial score (nSPS) is 34.5. The fourth-order valence-corrected chi connectivity index (χ4v) is 3.80. The summed E-state index contributed by atoms with van der Waals surface area (Å²) in [5, 5.41) is 11.1. The Kier molecular flexibility index (Phi) is 2.99. The molecule has 1 aromatic carbocycles. The van der Waals surface area contributed by atoms with Gasteiger partial charge in [0.15, 0.2) is 0 Å². The summed E-state index contributed by atoms with van der Waals surface area (Å²) < 4.78 is 0. The molecule has 0 spiro atoms. The number of fused-ring (bicyclic) bond motifs is 3. The third-order valence-electron chi connectivity index (χ3n) is 5.14. The minimum absolute atomic E-state index is 0.182. The maximum Gasteiger partial charge on any atom is 0.141 e. The predicted molar refractivity (Wildman–Crippen MR) is 77.3 cm³/mol. The Bertz CT molecular complexity index is 451. The molecule has 0 saturated carbocycles. The summed E-state index contributed by atoms with van der Waals surface area (Å²) in [7, 11) is 0. The van der Waals surface area contributed by atoms with Gasteiger partial charge in [-0.1, -0.05) is 45.0 Å². The van der Waals surface area contributed by atoms with E-state index >= 15 is 0 Å². The summed E-state index contributed by atoms with van der Waals surface area (Å²) in [6.45, 7) is 10.1. The Morgan fingerprint density at radius 3 is 2.11 bits per heavy atom. The Labute approximate surface area is 116 Å². The maximum absolute atomic E-state index is 11.1. The van der Waals surface area contributed by atoms with Crippen molar-refractivity contribution in [1.29, 1.82) is 0 Å². The molecule has 19 heavy (non-hydrogen) atoms. The van der Waals surface area contributed by atoms with E-state index in [9.17, 15) is 5.11 Å². The van der Waals surface area contributed by atoms with E-state index in [0.29, 0.717) is 5.92 Å². The Morgan fingerprint density at radius 1 is 1.11 bits per heavy atom. The molecule has 2 N–H and O–H groups in total. The van der Waals surface area contributed by atoms with Crippen LogP contribution in [-0.2, 0) is 11.0 Å². The first-order chi connectivity index (χ1) is 8.89. The van der Waals surface area contributed by atoms with Crippen molar-refractivity contribution in [1.82, 2.24) is 0 Å². The molecule has 2 nitrogen and oxygen atoms in total. The van der Waals surface area contributed by atoms with Gasteiger partial charge in [-0.2, -0.15) is 0 Å². The highest BCUT2D eigenvalue weighted by molar-refractivity contribution is 5.31. The van der Waals surface area contributed by atoms with Crippen molar-refractivity contribution in [2.24, 2.45) is 5.92 Å². The molecule has 0 aliphatic carbocycles. The van der Waals surface area contributed by atoms with Gasteiger partial charge in [-0.05, 0) is 16.5 Å². The SMILES string of the molecule is CC(C)(C)c1ccc([C@@]2(O)C[NH+]3CCC2CC3)cc1. The van der Waals surface area contributed by atoms with Crippen LogP contribution in [0.5, 0.6) is 0 Å². The van der Waals surface area contributed by atoms with Gasteiger partial charge in [0.05, 0.1) is 13.1 Å². The second kappa shape index (κ2) is 4.32. The van der Waals surface area contributed by atoms with Crippen LogP contribution in [-0.4, -0.2) is 24.7 Å². The summed E-state index contributed by atoms with van der Waals surface area (Å²) in [4.78, 5) is 1.57. The summed E-state index contributed by atoms with van der Waals surface area (Å²) >= 11 is 0. The quantitative estimate of drug-likeness (QED) is 0.785. The Balaban J connectivity index is 1.90. The van der Waals surface area contributed by atoms with E-state index < -0.39 is 5.60 Å². The van der Waals surface area contributed by atoms with Crippen molar-refractivity contribution < 1.29 is 10.0 Å². The molecule has 104 valence electrons. The van der Waals surface area contributed by atoms with Gasteiger partial charge in [-0.25, -0.2) is 0 Å². The number of piperidine rings is 3. The molecule has 0 amide bonds. The Hall–Kier alpha value is -0.860. The lowest BCUT2D eigenvalue weighted by Gasteiger charge is -2.47. The molecule has 3 aliphatic rings. The summed E-state index contributed by atoms with van der Waals surface area (Å²) in [5.41, 5.74) is 2.07. The lowest BCUT2D eigenvalue weighted by molar-refractivity contribution is -0.927. The average molecular weight is 260 g/mol. The molecule has 4 rings (SSSR count). The molecular formula is C17H26NO+. The van der Waals surface area contributed by atoms with Crippen molar-refractivity contribution in [2.75, 3.05) is 19.6 Å². The highest BCUT2D eigenvalue weighted by atomic mass is 16.3. The molecule has 1 aromatic rings. The van der Waals surface area contributed by atoms with E-state index in [2.05, 4.69) is 45.0 Å². The van der Waals surface area contributed by atoms with Crippen LogP contribution < -0.4 is 4.90 Å². The first-order valence-corrected chi connectivity index (χ1v) is 7.56. The average Bonchev–Trinajstić information content (AvgIpc) is 2.39. The minimum Gasteiger partial charge on any atom is -0.379 e. The van der Waals surface area contributed by atoms with E-state index in [4.69, 9.17) is 0 Å². The predicted octanol–water partition coefficient (Wildman–Crippen LogP) is 1.48. The fourth-order valence-electron chi connectivity index (χ4n) is 3.80. The fraction of sp³-hybridized carbons (Fsp3) is 0.647. The van der Waals surface area contributed by atoms with Crippen LogP contribution in [0.3, 0.4) is 0 Å². The van der Waals surface area contributed by atoms with Crippen LogP contribution in [0, 0.1) is 5.92 Å². The number of hydrogen-bond acceptors (Lipinski definition) is 1. The second-order valence-electron chi connectivity index (χ2n) is 7.45. The van der Waals surface area contributed by atoms with Crippen LogP contribution >= 0.6 is 0 Å². The van der Waals surface area contributed by atoms with Gasteiger partial charge in [0, 0.05) is 18.8 Å². The number of nitrogens with one attached hydrogen (secondary N) is 1. The molecule has 3 fully saturated rings. The first kappa shape index (κ1) is 13.1. The molecular weight excluding hydrogens is 234 g/mol. The number of quaternary nitrogens is 1. The van der Waals surface area contributed by atoms with Gasteiger partial charge in [0.1, 0.15) is 12.1 Å². The molecule has 3 aliphatic heterocycles. The molecule has 2 heteroatoms. The zero-order chi connectivity index (χ0) is 13.7. The monoisotopic (exact) mass is 260 g/mol. The molecule has 3 saturated heterocycles. The summed E-state index contributed by atoms with van der Waals surface area (Å²) in [6.07, 6.45) is 2.35. The van der Waals surface area contributed by atoms with Crippen LogP contribution in [0.2, 0.25) is 0 Å². The van der Waals surface area contributed by atoms with Crippen molar-refractivity contribution >= 4 is 0 Å². The van der Waals surface area contributed by atoms with E-state index in [1.165, 1.54) is 31.5 Å². The van der Waals surface area contributed by atoms with E-state index in [1.54, 1.807) is 4.90 Å². The lowest BCUT2D eigenvalue weighted by atomic mass is 9.71. The number of aliphatic hydroxyl groups is 1. The highest BCUT2D eigenvalue weighted by Gasteiger charge is 2.49. The van der Waals surface area contributed by atoms with Crippen molar-refractivity contribution in [3.05, 3.63) is 35.4 Å². The van der Waals surface area contributed by atoms with Crippen LogP contribution in [0.15, 0.2) is 24.3 Å². The number of hydrogen-bond donors (Lipinski definition) is 2. The zero-order valence-corrected chi connectivity index (χ0v) is 12.4. The van der Waals surface area contributed by atoms with Gasteiger partial charge >= 0.3 is 0 Å². The van der Waals surface area contributed by atoms with Crippen LogP contribution in [0.1, 0.15) is 44.7 Å². The van der Waals surface area contributed by atoms with Gasteiger partial charge < -0.3 is 10.0 Å². The highest BCUT2D eigenvalue weighted by Crippen LogP contribution is 2.37. The van der Waals surface area contributed by atoms with E-state index in [0.717, 1.165) is 12.1 Å². The molecule has 0 radical (unpaired) electrons. The number of rotatable bonds is 1. The van der Waals surface area contributed by atoms with Crippen molar-refractivity contribution in [3.63, 3.8) is 0 Å². The Morgan fingerprint density at radius 2 is 1.68 bits per heavy atom. The third-order valence-corrected chi connectivity index (χ3v) is 5.14. The van der Waals surface area contributed by atoms with Gasteiger partial charge in [0.25, 0.3) is 0 Å². The molecule has 1 atom stereocenters. The van der Waals surface area contributed by atoms with Crippen molar-refractivity contribution in [2.45, 2.75) is 44.6 Å². The zero-order valence-electron chi connectivity index (χ0n) is 12.4. The first-order valence-electron chi connectivity index (χ1n) is 7.56. The number of benzene rings is 1. The van der Waals surface area contributed by atoms with Crippen molar-refractivity contribution in [3.8, 4) is 0 Å². The molecule has 0 aromatic heterocycles. The summed E-state index contributed by atoms with van der Waals surface area (Å²) in [6, 6.07) is 8.70. The minimum atomic E-state index is -0.581. The summed E-state index contributed by atoms with van der Waals surface area (Å²) in [5.74, 6) is 0.463. The maximum atomic E-state index is 11.1. The van der Waals surface area contributed by atoms with Crippen LogP contribution in [0.4, 0.5) is 0 Å². The van der Waals surface area contributed by atoms with Gasteiger partial charge in [0.2, 0.25) is 0 Å². The standard InChI is InChI=1S/C17H25NO/c1-16(2,3)13-4-6-14(7-5-13)17(19)12-18-10-8-15(17)9-11-18/h4-7,15,19H,8-12H2,1-3H3/p+1/t17-/m0/s1.